The molecule has 0 radical (unpaired) electrons. The number of ether oxygens (including phenoxy) is 1. The van der Waals surface area contributed by atoms with E-state index in [-0.39, 0.29) is 0 Å². The fourth-order valence-corrected chi connectivity index (χ4v) is 0.522. The molecule has 9 heteroatoms. The Morgan fingerprint density at radius 1 is 1.64 bits per heavy atom. The number of carbonyl (C=O) groups excluding carboxylic acids is 1. The smallest absolute Gasteiger partial charge is 0.414 e. The van der Waals surface area contributed by atoms with Gasteiger partial charge in [-0.25, -0.2) is 4.79 Å². The Balaban J connectivity index is 4.63. The minimum atomic E-state index is -4.94. The molecule has 0 aliphatic heterocycles. The van der Waals surface area contributed by atoms with E-state index in [1.54, 1.807) is 0 Å². The highest BCUT2D eigenvalue weighted by atomic mass is 32.2. The molecule has 0 N–H and O–H groups in total. The standard InChI is InChI=1S/C2H3N2O6S/c1-10-2(5)4(7)11(8,9)3-6/h1H3/q-1. The maximum Gasteiger partial charge on any atom is 0.414 e. The second kappa shape index (κ2) is 3.25. The Morgan fingerprint density at radius 3 is 2.36 bits per heavy atom. The summed E-state index contributed by atoms with van der Waals surface area (Å²) < 4.78 is 24.2. The van der Waals surface area contributed by atoms with Crippen molar-refractivity contribution < 1.29 is 17.9 Å². The third-order valence-corrected chi connectivity index (χ3v) is 1.38. The molecular weight excluding hydrogens is 180 g/mol. The summed E-state index contributed by atoms with van der Waals surface area (Å²) in [5.41, 5.74) is 0. The Hall–Kier alpha value is -1.22. The Labute approximate surface area is 61.5 Å². The van der Waals surface area contributed by atoms with Gasteiger partial charge in [-0.3, -0.25) is 4.47 Å². The summed E-state index contributed by atoms with van der Waals surface area (Å²) in [6.07, 6.45) is -1.72. The second-order valence-electron chi connectivity index (χ2n) is 1.25. The van der Waals surface area contributed by atoms with E-state index in [1.165, 1.54) is 4.58 Å². The first-order valence-corrected chi connectivity index (χ1v) is 3.50. The van der Waals surface area contributed by atoms with Crippen molar-refractivity contribution >= 4 is 16.3 Å². The van der Waals surface area contributed by atoms with Gasteiger partial charge in [-0.15, -0.1) is 4.91 Å². The lowest BCUT2D eigenvalue weighted by atomic mass is 11.2. The number of carbonyl (C=O) groups is 1. The van der Waals surface area contributed by atoms with E-state index in [9.17, 15) is 23.3 Å². The lowest BCUT2D eigenvalue weighted by Crippen LogP contribution is -2.29. The van der Waals surface area contributed by atoms with Crippen molar-refractivity contribution in [1.29, 1.82) is 0 Å². The van der Waals surface area contributed by atoms with Crippen LogP contribution in [0.3, 0.4) is 0 Å². The van der Waals surface area contributed by atoms with Crippen LogP contribution in [-0.4, -0.2) is 26.1 Å². The zero-order chi connectivity index (χ0) is 9.07. The Morgan fingerprint density at radius 2 is 2.09 bits per heavy atom. The minimum Gasteiger partial charge on any atom is -0.738 e. The van der Waals surface area contributed by atoms with Crippen LogP contribution in [0.25, 0.3) is 0 Å². The van der Waals surface area contributed by atoms with E-state index in [0.29, 0.717) is 0 Å². The first-order valence-electron chi connectivity index (χ1n) is 2.10. The molecule has 64 valence electrons. The molecule has 0 rings (SSSR count). The number of methoxy groups -OCH3 is 1. The van der Waals surface area contributed by atoms with Crippen LogP contribution in [-0.2, 0) is 14.9 Å². The molecule has 0 aromatic carbocycles. The predicted molar refractivity (Wildman–Crippen MR) is 32.3 cm³/mol. The van der Waals surface area contributed by atoms with E-state index < -0.39 is 20.8 Å². The molecule has 0 aromatic rings. The van der Waals surface area contributed by atoms with Crippen LogP contribution in [0.4, 0.5) is 4.79 Å². The van der Waals surface area contributed by atoms with E-state index >= 15 is 0 Å². The fourth-order valence-electron chi connectivity index (χ4n) is 0.199. The van der Waals surface area contributed by atoms with Gasteiger partial charge in [0.25, 0.3) is 0 Å². The van der Waals surface area contributed by atoms with E-state index in [4.69, 9.17) is 0 Å². The summed E-state index contributed by atoms with van der Waals surface area (Å²) in [5, 5.41) is 10.2. The van der Waals surface area contributed by atoms with Crippen LogP contribution in [0.5, 0.6) is 0 Å². The first kappa shape index (κ1) is 9.78. The molecule has 0 unspecified atom stereocenters. The fraction of sp³-hybridized carbons (Fsp3) is 0.500. The van der Waals surface area contributed by atoms with Crippen LogP contribution in [0.2, 0.25) is 0 Å². The molecular formula is C2H3N2O6S-. The molecule has 0 spiro atoms. The van der Waals surface area contributed by atoms with Gasteiger partial charge < -0.3 is 9.94 Å². The summed E-state index contributed by atoms with van der Waals surface area (Å²) >= 11 is 0. The Bertz CT molecular complexity index is 256. The third-order valence-electron chi connectivity index (χ3n) is 0.627. The van der Waals surface area contributed by atoms with Crippen LogP contribution < -0.4 is 0 Å². The van der Waals surface area contributed by atoms with Gasteiger partial charge in [0, 0.05) is 0 Å². The number of amides is 1. The van der Waals surface area contributed by atoms with Crippen molar-refractivity contribution in [2.24, 2.45) is 4.58 Å². The summed E-state index contributed by atoms with van der Waals surface area (Å²) in [6.45, 7) is 0. The molecule has 8 nitrogen and oxygen atoms in total. The number of hydrogen-bond donors (Lipinski definition) is 0. The maximum absolute atomic E-state index is 10.2. The molecule has 0 bridgehead atoms. The molecule has 0 aliphatic rings. The minimum absolute atomic E-state index is 0.785. The van der Waals surface area contributed by atoms with Gasteiger partial charge >= 0.3 is 16.3 Å². The largest absolute Gasteiger partial charge is 0.738 e. The van der Waals surface area contributed by atoms with Crippen LogP contribution in [0.1, 0.15) is 0 Å². The molecule has 1 amide bonds. The van der Waals surface area contributed by atoms with Gasteiger partial charge in [0.15, 0.2) is 0 Å². The van der Waals surface area contributed by atoms with Crippen molar-refractivity contribution in [1.82, 2.24) is 4.47 Å². The van der Waals surface area contributed by atoms with Crippen LogP contribution in [0.15, 0.2) is 4.58 Å². The van der Waals surface area contributed by atoms with Gasteiger partial charge in [0.05, 0.1) is 11.7 Å². The third kappa shape index (κ3) is 2.13. The average molecular weight is 183 g/mol. The predicted octanol–water partition coefficient (Wildman–Crippen LogP) is -0.436. The highest BCUT2D eigenvalue weighted by Gasteiger charge is 2.18. The lowest BCUT2D eigenvalue weighted by Gasteiger charge is -2.20. The van der Waals surface area contributed by atoms with Crippen molar-refractivity contribution in [3.05, 3.63) is 10.1 Å². The van der Waals surface area contributed by atoms with Crippen LogP contribution in [0, 0.1) is 10.1 Å². The molecule has 0 aromatic heterocycles. The Kier molecular flexibility index (Phi) is 2.89. The molecule has 0 fully saturated rings. The number of rotatable bonds is 2. The topological polar surface area (TPSA) is 116 Å². The normalized spacial score (nSPS) is 10.4. The average Bonchev–Trinajstić information content (AvgIpc) is 2.01. The number of nitrogens with zero attached hydrogens (tertiary/aromatic N) is 2. The summed E-state index contributed by atoms with van der Waals surface area (Å²) in [7, 11) is -4.15. The van der Waals surface area contributed by atoms with Gasteiger partial charge in [0.2, 0.25) is 0 Å². The summed E-state index contributed by atoms with van der Waals surface area (Å²) in [5.74, 6) is 0. The first-order chi connectivity index (χ1) is 4.95. The number of hydroxylamine groups is 1. The molecule has 0 heterocycles. The van der Waals surface area contributed by atoms with Crippen molar-refractivity contribution in [3.63, 3.8) is 0 Å². The molecule has 0 atom stereocenters. The van der Waals surface area contributed by atoms with Crippen molar-refractivity contribution in [2.45, 2.75) is 0 Å². The summed E-state index contributed by atoms with van der Waals surface area (Å²) in [6, 6.07) is 0. The van der Waals surface area contributed by atoms with Crippen molar-refractivity contribution in [3.8, 4) is 0 Å². The van der Waals surface area contributed by atoms with E-state index in [0.717, 1.165) is 7.11 Å². The van der Waals surface area contributed by atoms with Gasteiger partial charge in [-0.2, -0.15) is 8.42 Å². The van der Waals surface area contributed by atoms with Gasteiger partial charge in [-0.05, 0) is 0 Å². The highest BCUT2D eigenvalue weighted by Crippen LogP contribution is 2.01. The zero-order valence-electron chi connectivity index (χ0n) is 5.25. The molecule has 0 saturated heterocycles. The number of nitroso groups, excluding NO2 is 1. The van der Waals surface area contributed by atoms with Crippen molar-refractivity contribution in [2.75, 3.05) is 7.11 Å². The van der Waals surface area contributed by atoms with Gasteiger partial charge in [-0.1, -0.05) is 0 Å². The molecule has 11 heavy (non-hydrogen) atoms. The summed E-state index contributed by atoms with van der Waals surface area (Å²) in [4.78, 5) is 19.5. The zero-order valence-corrected chi connectivity index (χ0v) is 6.07. The van der Waals surface area contributed by atoms with Gasteiger partial charge in [0.1, 0.15) is 0 Å². The quantitative estimate of drug-likeness (QED) is 0.423. The van der Waals surface area contributed by atoms with E-state index in [2.05, 4.69) is 4.74 Å². The monoisotopic (exact) mass is 183 g/mol. The highest BCUT2D eigenvalue weighted by molar-refractivity contribution is 7.88. The maximum atomic E-state index is 10.2. The lowest BCUT2D eigenvalue weighted by molar-refractivity contribution is 0.158. The molecule has 0 saturated carbocycles. The van der Waals surface area contributed by atoms with Crippen LogP contribution >= 0.6 is 0 Å². The number of hydrogen-bond acceptors (Lipinski definition) is 6. The SMILES string of the molecule is COC(=O)N([O-])S(=O)(=O)N=O. The second-order valence-corrected chi connectivity index (χ2v) is 2.63. The van der Waals surface area contributed by atoms with E-state index in [1.807, 2.05) is 0 Å². The molecule has 0 aliphatic carbocycles.